The Hall–Kier alpha value is -1.22. The van der Waals surface area contributed by atoms with E-state index in [2.05, 4.69) is 12.2 Å². The third kappa shape index (κ3) is 4.92. The van der Waals surface area contributed by atoms with Crippen molar-refractivity contribution in [2.75, 3.05) is 13.2 Å². The molecule has 112 valence electrons. The van der Waals surface area contributed by atoms with Crippen LogP contribution in [0, 0.1) is 0 Å². The van der Waals surface area contributed by atoms with Crippen LogP contribution in [0.1, 0.15) is 12.5 Å². The lowest BCUT2D eigenvalue weighted by Gasteiger charge is -2.19. The van der Waals surface area contributed by atoms with E-state index in [1.807, 2.05) is 42.5 Å². The molecule has 21 heavy (non-hydrogen) atoms. The molecule has 0 aromatic heterocycles. The monoisotopic (exact) mass is 323 g/mol. The van der Waals surface area contributed by atoms with Gasteiger partial charge in [-0.2, -0.15) is 0 Å². The maximum Gasteiger partial charge on any atom is 0.119 e. The number of halogens is 2. The van der Waals surface area contributed by atoms with Gasteiger partial charge in [0.2, 0.25) is 0 Å². The van der Waals surface area contributed by atoms with Gasteiger partial charge in [-0.15, -0.1) is 0 Å². The van der Waals surface area contributed by atoms with Crippen molar-refractivity contribution in [1.29, 1.82) is 0 Å². The lowest BCUT2D eigenvalue weighted by Crippen LogP contribution is -2.36. The van der Waals surface area contributed by atoms with Gasteiger partial charge in [-0.3, -0.25) is 0 Å². The normalized spacial score (nSPS) is 12.1. The molecule has 4 heteroatoms. The van der Waals surface area contributed by atoms with Crippen LogP contribution in [-0.2, 0) is 6.42 Å². The fraction of sp³-hybridized carbons (Fsp3) is 0.294. The lowest BCUT2D eigenvalue weighted by atomic mass is 10.1. The minimum atomic E-state index is 0.186. The zero-order valence-electron chi connectivity index (χ0n) is 12.0. The van der Waals surface area contributed by atoms with Crippen LogP contribution in [0.15, 0.2) is 48.5 Å². The predicted octanol–water partition coefficient (Wildman–Crippen LogP) is 4.59. The number of likely N-dealkylation sites (N-methyl/N-ethyl adjacent to an activating group) is 1. The molecule has 0 radical (unpaired) electrons. The lowest BCUT2D eigenvalue weighted by molar-refractivity contribution is 0.265. The summed E-state index contributed by atoms with van der Waals surface area (Å²) in [7, 11) is 0. The van der Waals surface area contributed by atoms with Crippen molar-refractivity contribution >= 4 is 23.2 Å². The van der Waals surface area contributed by atoms with E-state index in [4.69, 9.17) is 27.9 Å². The van der Waals surface area contributed by atoms with Crippen LogP contribution < -0.4 is 10.1 Å². The van der Waals surface area contributed by atoms with Crippen LogP contribution in [0.3, 0.4) is 0 Å². The first-order valence-electron chi connectivity index (χ1n) is 7.04. The molecule has 1 unspecified atom stereocenters. The van der Waals surface area contributed by atoms with Gasteiger partial charge in [0.05, 0.1) is 10.0 Å². The number of rotatable bonds is 7. The Kier molecular flexibility index (Phi) is 6.37. The molecule has 1 atom stereocenters. The Morgan fingerprint density at radius 3 is 2.52 bits per heavy atom. The van der Waals surface area contributed by atoms with Gasteiger partial charge in [-0.05, 0) is 36.7 Å². The van der Waals surface area contributed by atoms with Crippen LogP contribution >= 0.6 is 23.2 Å². The van der Waals surface area contributed by atoms with Crippen molar-refractivity contribution in [2.24, 2.45) is 0 Å². The van der Waals surface area contributed by atoms with Crippen molar-refractivity contribution in [2.45, 2.75) is 19.4 Å². The first-order chi connectivity index (χ1) is 10.2. The first-order valence-corrected chi connectivity index (χ1v) is 7.80. The minimum absolute atomic E-state index is 0.186. The van der Waals surface area contributed by atoms with E-state index in [1.54, 1.807) is 6.07 Å². The molecule has 0 heterocycles. The summed E-state index contributed by atoms with van der Waals surface area (Å²) in [6, 6.07) is 15.7. The third-order valence-corrected chi connectivity index (χ3v) is 4.04. The van der Waals surface area contributed by atoms with E-state index in [0.29, 0.717) is 16.7 Å². The number of para-hydroxylation sites is 1. The summed E-state index contributed by atoms with van der Waals surface area (Å²) in [5, 5.41) is 4.64. The Labute approximate surface area is 136 Å². The van der Waals surface area contributed by atoms with E-state index in [0.717, 1.165) is 24.3 Å². The number of benzene rings is 2. The van der Waals surface area contributed by atoms with E-state index < -0.39 is 0 Å². The maximum atomic E-state index is 6.25. The molecule has 1 N–H and O–H groups in total. The molecule has 0 aliphatic carbocycles. The van der Waals surface area contributed by atoms with Crippen LogP contribution in [0.5, 0.6) is 5.75 Å². The largest absolute Gasteiger partial charge is 0.492 e. The number of nitrogens with one attached hydrogen (secondary N) is 1. The van der Waals surface area contributed by atoms with Gasteiger partial charge in [0, 0.05) is 6.04 Å². The molecule has 2 rings (SSSR count). The second-order valence-electron chi connectivity index (χ2n) is 4.80. The van der Waals surface area contributed by atoms with E-state index in [-0.39, 0.29) is 6.04 Å². The molecule has 2 aromatic carbocycles. The molecule has 2 nitrogen and oxygen atoms in total. The summed E-state index contributed by atoms with van der Waals surface area (Å²) in [5.74, 6) is 0.873. The van der Waals surface area contributed by atoms with Gasteiger partial charge in [0.15, 0.2) is 0 Å². The molecule has 0 fully saturated rings. The van der Waals surface area contributed by atoms with Gasteiger partial charge in [0.1, 0.15) is 12.4 Å². The van der Waals surface area contributed by atoms with E-state index in [1.165, 1.54) is 0 Å². The van der Waals surface area contributed by atoms with Crippen molar-refractivity contribution in [1.82, 2.24) is 5.32 Å². The number of hydrogen-bond acceptors (Lipinski definition) is 2. The highest BCUT2D eigenvalue weighted by Gasteiger charge is 2.13. The molecular weight excluding hydrogens is 305 g/mol. The molecule has 0 saturated heterocycles. The Morgan fingerprint density at radius 1 is 1.05 bits per heavy atom. The second-order valence-corrected chi connectivity index (χ2v) is 5.58. The first kappa shape index (κ1) is 16.2. The smallest absolute Gasteiger partial charge is 0.119 e. The molecule has 0 aliphatic rings. The Morgan fingerprint density at radius 2 is 1.81 bits per heavy atom. The zero-order chi connectivity index (χ0) is 15.1. The summed E-state index contributed by atoms with van der Waals surface area (Å²) in [6.45, 7) is 3.54. The van der Waals surface area contributed by atoms with Crippen LogP contribution in [0.4, 0.5) is 0 Å². The fourth-order valence-electron chi connectivity index (χ4n) is 2.16. The molecule has 2 aromatic rings. The second kappa shape index (κ2) is 8.28. The van der Waals surface area contributed by atoms with E-state index in [9.17, 15) is 0 Å². The molecule has 0 amide bonds. The van der Waals surface area contributed by atoms with E-state index >= 15 is 0 Å². The SMILES string of the molecule is CCNC(COc1ccccc1)Cc1cccc(Cl)c1Cl. The fourth-order valence-corrected chi connectivity index (χ4v) is 2.56. The average molecular weight is 324 g/mol. The van der Waals surface area contributed by atoms with Crippen LogP contribution in [-0.4, -0.2) is 19.2 Å². The van der Waals surface area contributed by atoms with Crippen LogP contribution in [0.2, 0.25) is 10.0 Å². The summed E-state index contributed by atoms with van der Waals surface area (Å²) in [6.07, 6.45) is 0.778. The summed E-state index contributed by atoms with van der Waals surface area (Å²) in [5.41, 5.74) is 1.03. The quantitative estimate of drug-likeness (QED) is 0.804. The summed E-state index contributed by atoms with van der Waals surface area (Å²) < 4.78 is 5.82. The Bertz CT molecular complexity index is 560. The third-order valence-electron chi connectivity index (χ3n) is 3.19. The van der Waals surface area contributed by atoms with Gasteiger partial charge in [-0.25, -0.2) is 0 Å². The standard InChI is InChI=1S/C17H19Cl2NO/c1-2-20-14(12-21-15-8-4-3-5-9-15)11-13-7-6-10-16(18)17(13)19/h3-10,14,20H,2,11-12H2,1H3. The molecular formula is C17H19Cl2NO. The number of hydrogen-bond donors (Lipinski definition) is 1. The molecule has 0 aliphatic heterocycles. The highest BCUT2D eigenvalue weighted by atomic mass is 35.5. The molecule has 0 saturated carbocycles. The van der Waals surface area contributed by atoms with Gasteiger partial charge in [-0.1, -0.05) is 60.5 Å². The van der Waals surface area contributed by atoms with Crippen molar-refractivity contribution in [3.8, 4) is 5.75 Å². The summed E-state index contributed by atoms with van der Waals surface area (Å²) >= 11 is 12.3. The van der Waals surface area contributed by atoms with Crippen molar-refractivity contribution in [3.63, 3.8) is 0 Å². The van der Waals surface area contributed by atoms with Gasteiger partial charge >= 0.3 is 0 Å². The molecule has 0 spiro atoms. The minimum Gasteiger partial charge on any atom is -0.492 e. The predicted molar refractivity (Wildman–Crippen MR) is 89.6 cm³/mol. The van der Waals surface area contributed by atoms with Gasteiger partial charge in [0.25, 0.3) is 0 Å². The average Bonchev–Trinajstić information content (AvgIpc) is 2.50. The topological polar surface area (TPSA) is 21.3 Å². The van der Waals surface area contributed by atoms with Crippen LogP contribution in [0.25, 0.3) is 0 Å². The highest BCUT2D eigenvalue weighted by Crippen LogP contribution is 2.26. The Balaban J connectivity index is 2.00. The maximum absolute atomic E-state index is 6.25. The van der Waals surface area contributed by atoms with Crippen molar-refractivity contribution < 1.29 is 4.74 Å². The van der Waals surface area contributed by atoms with Gasteiger partial charge < -0.3 is 10.1 Å². The zero-order valence-corrected chi connectivity index (χ0v) is 13.5. The number of ether oxygens (including phenoxy) is 1. The summed E-state index contributed by atoms with van der Waals surface area (Å²) in [4.78, 5) is 0. The highest BCUT2D eigenvalue weighted by molar-refractivity contribution is 6.42. The van der Waals surface area contributed by atoms with Crippen molar-refractivity contribution in [3.05, 3.63) is 64.1 Å². The molecule has 0 bridgehead atoms.